The number of benzene rings is 1. The number of ketones is 1. The average Bonchev–Trinajstić information content (AvgIpc) is 3.27. The molecule has 6 heteroatoms. The van der Waals surface area contributed by atoms with Gasteiger partial charge in [0.2, 0.25) is 0 Å². The molecule has 0 radical (unpaired) electrons. The van der Waals surface area contributed by atoms with E-state index in [9.17, 15) is 9.59 Å². The number of hydrogen-bond acceptors (Lipinski definition) is 5. The zero-order valence-corrected chi connectivity index (χ0v) is 14.9. The summed E-state index contributed by atoms with van der Waals surface area (Å²) >= 11 is 0. The number of nitrogens with zero attached hydrogens (tertiary/aromatic N) is 3. The van der Waals surface area contributed by atoms with Gasteiger partial charge in [-0.3, -0.25) is 19.5 Å². The summed E-state index contributed by atoms with van der Waals surface area (Å²) in [6, 6.07) is 9.53. The molecule has 0 aromatic heterocycles. The van der Waals surface area contributed by atoms with Crippen LogP contribution in [-0.2, 0) is 9.59 Å². The molecule has 134 valence electrons. The quantitative estimate of drug-likeness (QED) is 0.856. The number of Topliss-reactive ketones (excluding diaryl/α,β-unsaturated/α-hetero) is 1. The van der Waals surface area contributed by atoms with Crippen LogP contribution in [0.25, 0.3) is 0 Å². The second-order valence-corrected chi connectivity index (χ2v) is 6.69. The number of nitrogens with one attached hydrogen (secondary N) is 1. The van der Waals surface area contributed by atoms with Gasteiger partial charge in [-0.25, -0.2) is 0 Å². The molecule has 25 heavy (non-hydrogen) atoms. The topological polar surface area (TPSA) is 65.0 Å². The summed E-state index contributed by atoms with van der Waals surface area (Å²) in [4.78, 5) is 26.9. The highest BCUT2D eigenvalue weighted by atomic mass is 16.2. The number of carbonyl (C=O) groups is 2. The molecule has 3 rings (SSSR count). The first-order valence-electron chi connectivity index (χ1n) is 9.04. The molecular weight excluding hydrogens is 316 g/mol. The van der Waals surface area contributed by atoms with E-state index < -0.39 is 6.04 Å². The highest BCUT2D eigenvalue weighted by molar-refractivity contribution is 6.40. The second-order valence-electron chi connectivity index (χ2n) is 6.69. The maximum Gasteiger partial charge on any atom is 0.267 e. The van der Waals surface area contributed by atoms with E-state index in [-0.39, 0.29) is 11.7 Å². The molecule has 1 N–H and O–H groups in total. The van der Waals surface area contributed by atoms with Crippen molar-refractivity contribution in [1.82, 2.24) is 10.2 Å². The van der Waals surface area contributed by atoms with Crippen LogP contribution in [0.4, 0.5) is 5.69 Å². The zero-order valence-electron chi connectivity index (χ0n) is 14.9. The van der Waals surface area contributed by atoms with Gasteiger partial charge in [-0.05, 0) is 45.0 Å². The molecule has 2 aliphatic rings. The van der Waals surface area contributed by atoms with Crippen LogP contribution in [0.15, 0.2) is 35.4 Å². The van der Waals surface area contributed by atoms with Crippen LogP contribution in [0.2, 0.25) is 0 Å². The number of rotatable bonds is 6. The van der Waals surface area contributed by atoms with Gasteiger partial charge in [0, 0.05) is 19.0 Å². The van der Waals surface area contributed by atoms with Crippen molar-refractivity contribution in [3.8, 4) is 0 Å². The van der Waals surface area contributed by atoms with E-state index in [0.29, 0.717) is 24.7 Å². The molecule has 0 bridgehead atoms. The third-order valence-electron chi connectivity index (χ3n) is 5.07. The molecule has 2 atom stereocenters. The van der Waals surface area contributed by atoms with Gasteiger partial charge in [0.1, 0.15) is 11.8 Å². The molecule has 2 unspecified atom stereocenters. The van der Waals surface area contributed by atoms with Gasteiger partial charge in [-0.15, -0.1) is 0 Å². The summed E-state index contributed by atoms with van der Waals surface area (Å²) in [7, 11) is 0. The molecule has 0 spiro atoms. The fourth-order valence-electron chi connectivity index (χ4n) is 3.64. The van der Waals surface area contributed by atoms with Crippen LogP contribution in [-0.4, -0.2) is 54.0 Å². The van der Waals surface area contributed by atoms with E-state index in [1.54, 1.807) is 11.9 Å². The van der Waals surface area contributed by atoms with Gasteiger partial charge >= 0.3 is 0 Å². The minimum atomic E-state index is -0.401. The molecule has 1 fully saturated rings. The van der Waals surface area contributed by atoms with Gasteiger partial charge < -0.3 is 5.32 Å². The third-order valence-corrected chi connectivity index (χ3v) is 5.07. The Hall–Kier alpha value is -2.21. The van der Waals surface area contributed by atoms with Gasteiger partial charge in [0.15, 0.2) is 5.78 Å². The van der Waals surface area contributed by atoms with Crippen LogP contribution in [0.1, 0.15) is 33.1 Å². The molecule has 2 heterocycles. The van der Waals surface area contributed by atoms with Gasteiger partial charge in [0.05, 0.1) is 5.69 Å². The van der Waals surface area contributed by atoms with Gasteiger partial charge in [-0.2, -0.15) is 5.10 Å². The number of hydrazone groups is 1. The number of hydrogen-bond donors (Lipinski definition) is 1. The van der Waals surface area contributed by atoms with Crippen molar-refractivity contribution < 1.29 is 9.59 Å². The fraction of sp³-hybridized carbons (Fsp3) is 0.526. The Morgan fingerprint density at radius 2 is 2.04 bits per heavy atom. The van der Waals surface area contributed by atoms with Crippen LogP contribution in [0.5, 0.6) is 0 Å². The van der Waals surface area contributed by atoms with Crippen molar-refractivity contribution in [3.05, 3.63) is 30.3 Å². The van der Waals surface area contributed by atoms with Crippen molar-refractivity contribution in [1.29, 1.82) is 0 Å². The summed E-state index contributed by atoms with van der Waals surface area (Å²) in [5.74, 6) is -0.143. The molecule has 1 saturated heterocycles. The maximum absolute atomic E-state index is 12.5. The minimum Gasteiger partial charge on any atom is -0.349 e. The average molecular weight is 342 g/mol. The first-order chi connectivity index (χ1) is 12.1. The van der Waals surface area contributed by atoms with E-state index in [0.717, 1.165) is 25.2 Å². The van der Waals surface area contributed by atoms with E-state index in [1.165, 1.54) is 6.42 Å². The summed E-state index contributed by atoms with van der Waals surface area (Å²) in [5, 5.41) is 9.13. The summed E-state index contributed by atoms with van der Waals surface area (Å²) in [6.07, 6.45) is 2.66. The van der Waals surface area contributed by atoms with Crippen LogP contribution >= 0.6 is 0 Å². The number of para-hydroxylation sites is 1. The number of likely N-dealkylation sites (N-methyl/N-ethyl adjacent to an activating group) is 1. The van der Waals surface area contributed by atoms with E-state index in [1.807, 2.05) is 30.3 Å². The Morgan fingerprint density at radius 3 is 2.72 bits per heavy atom. The summed E-state index contributed by atoms with van der Waals surface area (Å²) in [5.41, 5.74) is 1.27. The molecule has 1 amide bonds. The Balaban J connectivity index is 1.67. The number of anilines is 1. The van der Waals surface area contributed by atoms with Crippen LogP contribution in [0, 0.1) is 0 Å². The van der Waals surface area contributed by atoms with Crippen molar-refractivity contribution in [2.75, 3.05) is 24.6 Å². The highest BCUT2D eigenvalue weighted by Crippen LogP contribution is 2.25. The normalized spacial score (nSPS) is 23.6. The minimum absolute atomic E-state index is 0.0170. The molecule has 0 aliphatic carbocycles. The fourth-order valence-corrected chi connectivity index (χ4v) is 3.64. The lowest BCUT2D eigenvalue weighted by atomic mass is 10.1. The molecule has 0 saturated carbocycles. The lowest BCUT2D eigenvalue weighted by Crippen LogP contribution is -2.42. The SMILES string of the molecule is CCN1CCCC1CNC(=O)C1=NN(c2ccccc2)C(C(C)=O)C1. The lowest BCUT2D eigenvalue weighted by Gasteiger charge is -2.22. The molecule has 1 aromatic rings. The Morgan fingerprint density at radius 1 is 1.28 bits per heavy atom. The largest absolute Gasteiger partial charge is 0.349 e. The predicted molar refractivity (Wildman–Crippen MR) is 98.7 cm³/mol. The highest BCUT2D eigenvalue weighted by Gasteiger charge is 2.34. The van der Waals surface area contributed by atoms with Crippen molar-refractivity contribution >= 4 is 23.1 Å². The standard InChI is InChI=1S/C19H26N4O2/c1-3-22-11-7-10-16(22)13-20-19(25)17-12-18(14(2)24)23(21-17)15-8-5-4-6-9-15/h4-6,8-9,16,18H,3,7,10-13H2,1-2H3,(H,20,25). The lowest BCUT2D eigenvalue weighted by molar-refractivity contribution is -0.118. The van der Waals surface area contributed by atoms with E-state index in [4.69, 9.17) is 0 Å². The third kappa shape index (κ3) is 3.90. The van der Waals surface area contributed by atoms with Crippen molar-refractivity contribution in [2.24, 2.45) is 5.10 Å². The Kier molecular flexibility index (Phi) is 5.48. The molecular formula is C19H26N4O2. The molecule has 2 aliphatic heterocycles. The van der Waals surface area contributed by atoms with E-state index >= 15 is 0 Å². The van der Waals surface area contributed by atoms with Crippen LogP contribution < -0.4 is 10.3 Å². The second kappa shape index (κ2) is 7.78. The summed E-state index contributed by atoms with van der Waals surface area (Å²) in [6.45, 7) is 6.45. The smallest absolute Gasteiger partial charge is 0.267 e. The number of likely N-dealkylation sites (tertiary alicyclic amines) is 1. The van der Waals surface area contributed by atoms with Crippen LogP contribution in [0.3, 0.4) is 0 Å². The number of amides is 1. The first kappa shape index (κ1) is 17.6. The van der Waals surface area contributed by atoms with Gasteiger partial charge in [-0.1, -0.05) is 25.1 Å². The molecule has 6 nitrogen and oxygen atoms in total. The summed E-state index contributed by atoms with van der Waals surface area (Å²) < 4.78 is 0. The van der Waals surface area contributed by atoms with Crippen molar-refractivity contribution in [2.45, 2.75) is 45.2 Å². The van der Waals surface area contributed by atoms with Crippen molar-refractivity contribution in [3.63, 3.8) is 0 Å². The monoisotopic (exact) mass is 342 g/mol. The Bertz CT molecular complexity index is 659. The Labute approximate surface area is 148 Å². The maximum atomic E-state index is 12.5. The predicted octanol–water partition coefficient (Wildman–Crippen LogP) is 1.81. The first-order valence-corrected chi connectivity index (χ1v) is 9.04. The zero-order chi connectivity index (χ0) is 17.8. The van der Waals surface area contributed by atoms with Gasteiger partial charge in [0.25, 0.3) is 5.91 Å². The molecule has 1 aromatic carbocycles. The number of carbonyl (C=O) groups excluding carboxylic acids is 2. The van der Waals surface area contributed by atoms with E-state index in [2.05, 4.69) is 22.2 Å².